The third-order valence-electron chi connectivity index (χ3n) is 2.06. The summed E-state index contributed by atoms with van der Waals surface area (Å²) < 4.78 is 3.06. The molecule has 0 fully saturated rings. The van der Waals surface area contributed by atoms with E-state index in [1.54, 1.807) is 28.7 Å². The summed E-state index contributed by atoms with van der Waals surface area (Å²) in [5, 5.41) is 6.45. The highest BCUT2D eigenvalue weighted by molar-refractivity contribution is 7.21. The van der Waals surface area contributed by atoms with Gasteiger partial charge in [0.2, 0.25) is 0 Å². The smallest absolute Gasteiger partial charge is 0.138 e. The lowest BCUT2D eigenvalue weighted by molar-refractivity contribution is 0.897. The van der Waals surface area contributed by atoms with Crippen LogP contribution < -0.4 is 0 Å². The van der Waals surface area contributed by atoms with Gasteiger partial charge in [-0.25, -0.2) is 9.67 Å². The SMILES string of the molecule is c1ccc2sc(-n3cncn3)cc2c1. The second kappa shape index (κ2) is 2.92. The van der Waals surface area contributed by atoms with Crippen LogP contribution in [0.3, 0.4) is 0 Å². The topological polar surface area (TPSA) is 30.7 Å². The Morgan fingerprint density at radius 1 is 1.21 bits per heavy atom. The van der Waals surface area contributed by atoms with Crippen LogP contribution in [-0.2, 0) is 0 Å². The Balaban J connectivity index is 2.24. The number of hydrogen-bond acceptors (Lipinski definition) is 3. The van der Waals surface area contributed by atoms with Crippen LogP contribution in [0.15, 0.2) is 43.0 Å². The molecular weight excluding hydrogens is 194 g/mol. The molecule has 0 unspecified atom stereocenters. The minimum absolute atomic E-state index is 1.10. The van der Waals surface area contributed by atoms with E-state index in [2.05, 4.69) is 28.3 Å². The van der Waals surface area contributed by atoms with Gasteiger partial charge in [0.05, 0.1) is 0 Å². The first-order valence-electron chi connectivity index (χ1n) is 4.27. The van der Waals surface area contributed by atoms with Crippen molar-refractivity contribution in [2.75, 3.05) is 0 Å². The van der Waals surface area contributed by atoms with Crippen molar-refractivity contribution in [2.45, 2.75) is 0 Å². The van der Waals surface area contributed by atoms with Crippen LogP contribution in [0, 0.1) is 0 Å². The van der Waals surface area contributed by atoms with E-state index in [-0.39, 0.29) is 0 Å². The van der Waals surface area contributed by atoms with Crippen molar-refractivity contribution in [1.82, 2.24) is 14.8 Å². The average Bonchev–Trinajstić information content (AvgIpc) is 2.86. The molecule has 2 aromatic heterocycles. The van der Waals surface area contributed by atoms with E-state index in [0.29, 0.717) is 0 Å². The lowest BCUT2D eigenvalue weighted by Gasteiger charge is -1.90. The summed E-state index contributed by atoms with van der Waals surface area (Å²) in [7, 11) is 0. The fraction of sp³-hybridized carbons (Fsp3) is 0. The third-order valence-corrected chi connectivity index (χ3v) is 3.16. The zero-order chi connectivity index (χ0) is 9.38. The quantitative estimate of drug-likeness (QED) is 0.605. The molecule has 14 heavy (non-hydrogen) atoms. The maximum absolute atomic E-state index is 4.10. The average molecular weight is 201 g/mol. The molecule has 0 aliphatic carbocycles. The van der Waals surface area contributed by atoms with Crippen molar-refractivity contribution in [1.29, 1.82) is 0 Å². The molecule has 0 N–H and O–H groups in total. The van der Waals surface area contributed by atoms with Gasteiger partial charge in [-0.05, 0) is 17.5 Å². The number of fused-ring (bicyclic) bond motifs is 1. The zero-order valence-electron chi connectivity index (χ0n) is 7.29. The van der Waals surface area contributed by atoms with E-state index in [1.807, 2.05) is 12.1 Å². The van der Waals surface area contributed by atoms with Crippen molar-refractivity contribution in [3.05, 3.63) is 43.0 Å². The highest BCUT2D eigenvalue weighted by Crippen LogP contribution is 2.27. The van der Waals surface area contributed by atoms with E-state index in [0.717, 1.165) is 5.00 Å². The largest absolute Gasteiger partial charge is 0.223 e. The van der Waals surface area contributed by atoms with Crippen LogP contribution >= 0.6 is 11.3 Å². The Labute approximate surface area is 84.6 Å². The summed E-state index contributed by atoms with van der Waals surface area (Å²) >= 11 is 1.72. The predicted octanol–water partition coefficient (Wildman–Crippen LogP) is 2.48. The van der Waals surface area contributed by atoms with Gasteiger partial charge >= 0.3 is 0 Å². The normalized spacial score (nSPS) is 10.9. The molecule has 0 radical (unpaired) electrons. The first-order chi connectivity index (χ1) is 6.93. The number of thiophene rings is 1. The molecule has 0 aliphatic rings. The Bertz CT molecular complexity index is 521. The predicted molar refractivity (Wildman–Crippen MR) is 56.7 cm³/mol. The molecule has 0 aliphatic heterocycles. The minimum atomic E-state index is 1.10. The van der Waals surface area contributed by atoms with Crippen LogP contribution in [0.4, 0.5) is 0 Å². The summed E-state index contributed by atoms with van der Waals surface area (Å²) in [5.41, 5.74) is 0. The molecule has 0 atom stereocenters. The summed E-state index contributed by atoms with van der Waals surface area (Å²) in [6.07, 6.45) is 3.26. The molecule has 4 heteroatoms. The molecule has 1 aromatic carbocycles. The van der Waals surface area contributed by atoms with Crippen LogP contribution in [-0.4, -0.2) is 14.8 Å². The van der Waals surface area contributed by atoms with E-state index < -0.39 is 0 Å². The van der Waals surface area contributed by atoms with Gasteiger partial charge in [0.25, 0.3) is 0 Å². The van der Waals surface area contributed by atoms with Crippen molar-refractivity contribution in [3.8, 4) is 5.00 Å². The number of aromatic nitrogens is 3. The molecule has 68 valence electrons. The number of rotatable bonds is 1. The zero-order valence-corrected chi connectivity index (χ0v) is 8.11. The molecule has 0 spiro atoms. The molecule has 0 saturated heterocycles. The van der Waals surface area contributed by atoms with E-state index in [4.69, 9.17) is 0 Å². The maximum Gasteiger partial charge on any atom is 0.138 e. The first kappa shape index (κ1) is 7.70. The summed E-state index contributed by atoms with van der Waals surface area (Å²) in [6, 6.07) is 10.4. The minimum Gasteiger partial charge on any atom is -0.223 e. The maximum atomic E-state index is 4.10. The van der Waals surface area contributed by atoms with Crippen molar-refractivity contribution in [2.24, 2.45) is 0 Å². The monoisotopic (exact) mass is 201 g/mol. The highest BCUT2D eigenvalue weighted by Gasteiger charge is 2.02. The molecule has 0 amide bonds. The molecular formula is C10H7N3S. The van der Waals surface area contributed by atoms with Gasteiger partial charge < -0.3 is 0 Å². The van der Waals surface area contributed by atoms with Crippen LogP contribution in [0.2, 0.25) is 0 Å². The van der Waals surface area contributed by atoms with Crippen LogP contribution in [0.5, 0.6) is 0 Å². The lowest BCUT2D eigenvalue weighted by atomic mass is 10.3. The van der Waals surface area contributed by atoms with Gasteiger partial charge in [0.1, 0.15) is 17.7 Å². The molecule has 3 aromatic rings. The Morgan fingerprint density at radius 3 is 2.93 bits per heavy atom. The van der Waals surface area contributed by atoms with E-state index in [9.17, 15) is 0 Å². The Morgan fingerprint density at radius 2 is 2.14 bits per heavy atom. The Hall–Kier alpha value is -1.68. The fourth-order valence-electron chi connectivity index (χ4n) is 1.40. The molecule has 3 nitrogen and oxygen atoms in total. The van der Waals surface area contributed by atoms with Crippen LogP contribution in [0.1, 0.15) is 0 Å². The fourth-order valence-corrected chi connectivity index (χ4v) is 2.39. The van der Waals surface area contributed by atoms with Crippen LogP contribution in [0.25, 0.3) is 15.1 Å². The third kappa shape index (κ3) is 1.12. The highest BCUT2D eigenvalue weighted by atomic mass is 32.1. The summed E-state index contributed by atoms with van der Waals surface area (Å²) in [4.78, 5) is 3.93. The van der Waals surface area contributed by atoms with Crippen molar-refractivity contribution < 1.29 is 0 Å². The first-order valence-corrected chi connectivity index (χ1v) is 5.09. The lowest BCUT2D eigenvalue weighted by Crippen LogP contribution is -1.88. The standard InChI is InChI=1S/C10H7N3S/c1-2-4-9-8(3-1)5-10(14-9)13-7-11-6-12-13/h1-7H. The van der Waals surface area contributed by atoms with Gasteiger partial charge in [0.15, 0.2) is 0 Å². The molecule has 0 saturated carbocycles. The van der Waals surface area contributed by atoms with Gasteiger partial charge in [-0.3, -0.25) is 0 Å². The van der Waals surface area contributed by atoms with Gasteiger partial charge in [-0.15, -0.1) is 11.3 Å². The molecule has 0 bridgehead atoms. The van der Waals surface area contributed by atoms with Crippen molar-refractivity contribution >= 4 is 21.4 Å². The second-order valence-corrected chi connectivity index (χ2v) is 4.02. The number of nitrogens with zero attached hydrogens (tertiary/aromatic N) is 3. The number of hydrogen-bond donors (Lipinski definition) is 0. The van der Waals surface area contributed by atoms with E-state index in [1.165, 1.54) is 10.1 Å². The van der Waals surface area contributed by atoms with Crippen molar-refractivity contribution in [3.63, 3.8) is 0 Å². The van der Waals surface area contributed by atoms with E-state index >= 15 is 0 Å². The Kier molecular flexibility index (Phi) is 1.61. The number of benzene rings is 1. The summed E-state index contributed by atoms with van der Waals surface area (Å²) in [5.74, 6) is 0. The molecule has 2 heterocycles. The molecule has 3 rings (SSSR count). The summed E-state index contributed by atoms with van der Waals surface area (Å²) in [6.45, 7) is 0. The van der Waals surface area contributed by atoms with Gasteiger partial charge in [-0.2, -0.15) is 5.10 Å². The van der Waals surface area contributed by atoms with Gasteiger partial charge in [0, 0.05) is 4.70 Å². The van der Waals surface area contributed by atoms with Gasteiger partial charge in [-0.1, -0.05) is 18.2 Å². The second-order valence-electron chi connectivity index (χ2n) is 2.96.